The Balaban J connectivity index is 0.00000221. The van der Waals surface area contributed by atoms with Crippen molar-refractivity contribution < 1.29 is 45.2 Å². The Kier molecular flexibility index (Phi) is 12.0. The third-order valence-electron chi connectivity index (χ3n) is 8.96. The zero-order valence-electron chi connectivity index (χ0n) is 26.9. The van der Waals surface area contributed by atoms with Gasteiger partial charge in [0.25, 0.3) is 0 Å². The molecule has 4 aromatic carbocycles. The average Bonchev–Trinajstić information content (AvgIpc) is 3.51. The van der Waals surface area contributed by atoms with E-state index in [1.54, 1.807) is 22.3 Å². The van der Waals surface area contributed by atoms with Gasteiger partial charge in [-0.05, 0) is 0 Å². The van der Waals surface area contributed by atoms with Gasteiger partial charge >= 0.3 is 263 Å². The summed E-state index contributed by atoms with van der Waals surface area (Å²) >= 11 is -2.20. The van der Waals surface area contributed by atoms with E-state index < -0.39 is 25.8 Å². The van der Waals surface area contributed by atoms with E-state index in [-0.39, 0.29) is 24.8 Å². The fourth-order valence-corrected chi connectivity index (χ4v) is 27.8. The summed E-state index contributed by atoms with van der Waals surface area (Å²) in [5.74, 6) is 1.32. The molecule has 0 fully saturated rings. The molecule has 2 aliphatic rings. The van der Waals surface area contributed by atoms with Gasteiger partial charge in [0, 0.05) is 0 Å². The van der Waals surface area contributed by atoms with Crippen LogP contribution in [0.1, 0.15) is 70.0 Å². The molecular formula is C40H44Cl2SiZr. The Bertz CT molecular complexity index is 1580. The fraction of sp³-hybridized carbons (Fsp3) is 0.300. The van der Waals surface area contributed by atoms with Crippen LogP contribution in [-0.4, -0.2) is 5.43 Å². The van der Waals surface area contributed by atoms with Crippen LogP contribution >= 0.6 is 0 Å². The SMILES string of the molecule is CC(C)CC1=Cc2c(-c3ccccc3)cccc2[CH]1[Zr+2]([CH]1C(CC(C)C)=Cc2c(-c3ccccc3)cccc21)=[Si](C)C.[Cl-].[Cl-]. The van der Waals surface area contributed by atoms with E-state index >= 15 is 0 Å². The minimum Gasteiger partial charge on any atom is -1.00 e. The van der Waals surface area contributed by atoms with E-state index in [0.29, 0.717) is 19.1 Å². The second-order valence-corrected chi connectivity index (χ2v) is 31.2. The molecule has 0 nitrogen and oxygen atoms in total. The monoisotopic (exact) mass is 712 g/mol. The summed E-state index contributed by atoms with van der Waals surface area (Å²) in [5.41, 5.74) is 14.8. The molecule has 0 bridgehead atoms. The molecule has 2 aliphatic carbocycles. The van der Waals surface area contributed by atoms with Gasteiger partial charge in [-0.3, -0.25) is 0 Å². The summed E-state index contributed by atoms with van der Waals surface area (Å²) in [4.78, 5) is 0. The smallest absolute Gasteiger partial charge is 1.00 e. The fourth-order valence-electron chi connectivity index (χ4n) is 7.44. The van der Waals surface area contributed by atoms with Gasteiger partial charge in [-0.1, -0.05) is 0 Å². The molecule has 4 aromatic rings. The summed E-state index contributed by atoms with van der Waals surface area (Å²) in [6.07, 6.45) is 7.71. The van der Waals surface area contributed by atoms with Crippen molar-refractivity contribution in [2.45, 2.75) is 60.9 Å². The molecule has 0 amide bonds. The van der Waals surface area contributed by atoms with Gasteiger partial charge in [0.2, 0.25) is 0 Å². The molecule has 0 aromatic heterocycles. The average molecular weight is 715 g/mol. The van der Waals surface area contributed by atoms with Gasteiger partial charge in [0.15, 0.2) is 0 Å². The van der Waals surface area contributed by atoms with Crippen molar-refractivity contribution in [3.63, 3.8) is 0 Å². The van der Waals surface area contributed by atoms with Gasteiger partial charge in [-0.25, -0.2) is 0 Å². The molecular weight excluding hydrogens is 671 g/mol. The van der Waals surface area contributed by atoms with Crippen LogP contribution in [0.4, 0.5) is 0 Å². The summed E-state index contributed by atoms with van der Waals surface area (Å²) in [6.45, 7) is 15.0. The number of hydrogen-bond acceptors (Lipinski definition) is 0. The maximum atomic E-state index is 2.66. The van der Waals surface area contributed by atoms with Crippen LogP contribution in [0.2, 0.25) is 13.1 Å². The van der Waals surface area contributed by atoms with Crippen molar-refractivity contribution in [3.05, 3.63) is 130 Å². The van der Waals surface area contributed by atoms with Crippen molar-refractivity contribution in [2.75, 3.05) is 0 Å². The third-order valence-corrected chi connectivity index (χ3v) is 28.5. The van der Waals surface area contributed by atoms with Gasteiger partial charge in [-0.2, -0.15) is 0 Å². The van der Waals surface area contributed by atoms with Crippen LogP contribution < -0.4 is 24.8 Å². The molecule has 0 saturated carbocycles. The number of hydrogen-bond donors (Lipinski definition) is 0. The van der Waals surface area contributed by atoms with Crippen LogP contribution in [0.25, 0.3) is 34.4 Å². The van der Waals surface area contributed by atoms with Gasteiger partial charge in [-0.15, -0.1) is 0 Å². The molecule has 2 unspecified atom stereocenters. The second kappa shape index (κ2) is 15.1. The van der Waals surface area contributed by atoms with Crippen molar-refractivity contribution in [1.82, 2.24) is 0 Å². The number of allylic oxidation sites excluding steroid dienone is 2. The van der Waals surface area contributed by atoms with Gasteiger partial charge in [0.1, 0.15) is 0 Å². The van der Waals surface area contributed by atoms with Gasteiger partial charge < -0.3 is 24.8 Å². The quantitative estimate of drug-likeness (QED) is 0.210. The molecule has 0 saturated heterocycles. The van der Waals surface area contributed by atoms with E-state index in [0.717, 1.165) is 0 Å². The van der Waals surface area contributed by atoms with E-state index in [9.17, 15) is 0 Å². The topological polar surface area (TPSA) is 0 Å². The molecule has 226 valence electrons. The standard InChI is InChI=1S/2C19H19.C2H6Si.2ClH.Zr/c2*1-14(2)11-15-12-17-9-6-10-18(19(17)13-15)16-7-4-3-5-8-16;1-3-2;;;/h2*3-10,12-14H,11H2,1-2H3;1-2H3;2*1H;/q;;;;;+2/p-2. The van der Waals surface area contributed by atoms with E-state index in [4.69, 9.17) is 0 Å². The summed E-state index contributed by atoms with van der Waals surface area (Å²) in [7, 11) is 0. The maximum Gasteiger partial charge on any atom is -1.00 e. The molecule has 44 heavy (non-hydrogen) atoms. The molecule has 0 N–H and O–H groups in total. The van der Waals surface area contributed by atoms with Crippen LogP contribution in [0.15, 0.2) is 108 Å². The Morgan fingerprint density at radius 1 is 0.545 bits per heavy atom. The zero-order chi connectivity index (χ0) is 29.4. The van der Waals surface area contributed by atoms with Crippen molar-refractivity contribution in [3.8, 4) is 22.3 Å². The number of fused-ring (bicyclic) bond motifs is 2. The first-order chi connectivity index (χ1) is 20.3. The van der Waals surface area contributed by atoms with Crippen molar-refractivity contribution in [1.29, 1.82) is 0 Å². The third kappa shape index (κ3) is 6.90. The van der Waals surface area contributed by atoms with Crippen LogP contribution in [-0.2, 0) is 20.4 Å². The van der Waals surface area contributed by atoms with Crippen LogP contribution in [0.3, 0.4) is 0 Å². The van der Waals surface area contributed by atoms with Crippen LogP contribution in [0.5, 0.6) is 0 Å². The van der Waals surface area contributed by atoms with Crippen LogP contribution in [0, 0.1) is 11.8 Å². The normalized spacial score (nSPS) is 16.2. The number of halogens is 2. The minimum atomic E-state index is -2.20. The first kappa shape index (κ1) is 34.9. The summed E-state index contributed by atoms with van der Waals surface area (Å²) in [6, 6.07) is 36.6. The predicted octanol–water partition coefficient (Wildman–Crippen LogP) is 5.57. The Morgan fingerprint density at radius 2 is 0.932 bits per heavy atom. The minimum absolute atomic E-state index is 0. The van der Waals surface area contributed by atoms with Gasteiger partial charge in [0.05, 0.1) is 0 Å². The molecule has 0 spiro atoms. The largest absolute Gasteiger partial charge is 1.00 e. The second-order valence-electron chi connectivity index (χ2n) is 13.3. The Morgan fingerprint density at radius 3 is 1.27 bits per heavy atom. The summed E-state index contributed by atoms with van der Waals surface area (Å²) in [5, 5.41) is 0. The molecule has 6 rings (SSSR count). The summed E-state index contributed by atoms with van der Waals surface area (Å²) < 4.78 is 1.31. The molecule has 0 heterocycles. The Labute approximate surface area is 286 Å². The molecule has 4 heteroatoms. The Hall–Kier alpha value is -1.96. The molecule has 0 radical (unpaired) electrons. The zero-order valence-corrected chi connectivity index (χ0v) is 31.8. The van der Waals surface area contributed by atoms with E-state index in [2.05, 4.69) is 150 Å². The van der Waals surface area contributed by atoms with E-state index in [1.807, 2.05) is 0 Å². The number of benzene rings is 4. The predicted molar refractivity (Wildman–Crippen MR) is 182 cm³/mol. The molecule has 0 aliphatic heterocycles. The first-order valence-corrected chi connectivity index (χ1v) is 24.8. The van der Waals surface area contributed by atoms with Crippen molar-refractivity contribution in [2.24, 2.45) is 11.8 Å². The first-order valence-electron chi connectivity index (χ1n) is 15.8. The maximum absolute atomic E-state index is 2.66. The number of rotatable bonds is 8. The molecule has 2 atom stereocenters. The van der Waals surface area contributed by atoms with E-state index in [1.165, 1.54) is 46.2 Å². The van der Waals surface area contributed by atoms with Crippen molar-refractivity contribution >= 4 is 17.6 Å².